The molecule has 0 saturated carbocycles. The van der Waals surface area contributed by atoms with Crippen LogP contribution < -0.4 is 0 Å². The fourth-order valence-electron chi connectivity index (χ4n) is 3.23. The molecule has 0 radical (unpaired) electrons. The number of fused-ring (bicyclic) bond motifs is 1. The van der Waals surface area contributed by atoms with Gasteiger partial charge in [0.1, 0.15) is 5.82 Å². The summed E-state index contributed by atoms with van der Waals surface area (Å²) in [5.74, 6) is -0.232. The summed E-state index contributed by atoms with van der Waals surface area (Å²) in [5.41, 5.74) is 3.49. The summed E-state index contributed by atoms with van der Waals surface area (Å²) in [4.78, 5) is 7.13. The number of likely N-dealkylation sites (N-methyl/N-ethyl adjacent to an activating group) is 1. The molecule has 3 aromatic rings. The van der Waals surface area contributed by atoms with Gasteiger partial charge in [-0.05, 0) is 42.6 Å². The van der Waals surface area contributed by atoms with E-state index in [0.717, 1.165) is 41.7 Å². The molecule has 0 fully saturated rings. The average Bonchev–Trinajstić information content (AvgIpc) is 2.62. The minimum atomic E-state index is -0.232. The van der Waals surface area contributed by atoms with E-state index < -0.39 is 0 Å². The van der Waals surface area contributed by atoms with E-state index in [1.807, 2.05) is 24.3 Å². The second kappa shape index (κ2) is 6.17. The number of benzene rings is 2. The maximum absolute atomic E-state index is 14.4. The first-order chi connectivity index (χ1) is 11.7. The minimum absolute atomic E-state index is 0.232. The van der Waals surface area contributed by atoms with Crippen LogP contribution in [0.2, 0.25) is 0 Å². The van der Waals surface area contributed by atoms with Crippen molar-refractivity contribution in [2.45, 2.75) is 6.42 Å². The van der Waals surface area contributed by atoms with Gasteiger partial charge in [0, 0.05) is 24.0 Å². The third-order valence-corrected chi connectivity index (χ3v) is 4.61. The van der Waals surface area contributed by atoms with Gasteiger partial charge in [-0.25, -0.2) is 9.37 Å². The van der Waals surface area contributed by atoms with Crippen molar-refractivity contribution in [2.24, 2.45) is 0 Å². The normalized spacial score (nSPS) is 15.5. The fraction of sp³-hybridized carbons (Fsp3) is 0.190. The van der Waals surface area contributed by atoms with Crippen LogP contribution in [-0.2, 0) is 0 Å². The Balaban J connectivity index is 1.94. The summed E-state index contributed by atoms with van der Waals surface area (Å²) in [5, 5.41) is 2.08. The van der Waals surface area contributed by atoms with Crippen LogP contribution in [0.3, 0.4) is 0 Å². The van der Waals surface area contributed by atoms with E-state index in [0.29, 0.717) is 5.56 Å². The molecular formula is C21H19FN2. The van der Waals surface area contributed by atoms with E-state index in [2.05, 4.69) is 30.2 Å². The number of nitrogens with zero attached hydrogens (tertiary/aromatic N) is 2. The molecule has 0 spiro atoms. The van der Waals surface area contributed by atoms with Crippen molar-refractivity contribution in [3.8, 4) is 11.3 Å². The second-order valence-corrected chi connectivity index (χ2v) is 6.30. The summed E-state index contributed by atoms with van der Waals surface area (Å²) >= 11 is 0. The first-order valence-electron chi connectivity index (χ1n) is 8.25. The van der Waals surface area contributed by atoms with Crippen LogP contribution in [0.25, 0.3) is 27.6 Å². The van der Waals surface area contributed by atoms with Crippen LogP contribution in [0, 0.1) is 5.82 Å². The van der Waals surface area contributed by atoms with Crippen molar-refractivity contribution < 1.29 is 4.39 Å². The lowest BCUT2D eigenvalue weighted by Gasteiger charge is -2.22. The molecule has 1 aromatic heterocycles. The van der Waals surface area contributed by atoms with Gasteiger partial charge < -0.3 is 4.90 Å². The Morgan fingerprint density at radius 3 is 2.62 bits per heavy atom. The summed E-state index contributed by atoms with van der Waals surface area (Å²) < 4.78 is 14.4. The molecule has 0 aliphatic carbocycles. The van der Waals surface area contributed by atoms with E-state index in [4.69, 9.17) is 4.98 Å². The van der Waals surface area contributed by atoms with Crippen LogP contribution in [0.5, 0.6) is 0 Å². The molecule has 0 N–H and O–H groups in total. The number of aromatic nitrogens is 1. The maximum atomic E-state index is 14.4. The van der Waals surface area contributed by atoms with Gasteiger partial charge in [0.25, 0.3) is 0 Å². The van der Waals surface area contributed by atoms with Gasteiger partial charge in [-0.2, -0.15) is 0 Å². The smallest absolute Gasteiger partial charge is 0.132 e. The van der Waals surface area contributed by atoms with Gasteiger partial charge in [-0.15, -0.1) is 0 Å². The van der Waals surface area contributed by atoms with Crippen LogP contribution >= 0.6 is 0 Å². The Hall–Kier alpha value is -2.52. The van der Waals surface area contributed by atoms with Crippen molar-refractivity contribution in [3.05, 3.63) is 72.2 Å². The predicted molar refractivity (Wildman–Crippen MR) is 97.2 cm³/mol. The van der Waals surface area contributed by atoms with E-state index >= 15 is 0 Å². The standard InChI is InChI=1S/C21H19FN2/c1-24-12-10-15(11-13-24)20-14-16-6-2-3-7-17(16)21(23-20)18-8-4-5-9-19(18)22/h2-10,14H,11-13H2,1H3. The summed E-state index contributed by atoms with van der Waals surface area (Å²) in [6, 6.07) is 17.1. The van der Waals surface area contributed by atoms with Gasteiger partial charge in [-0.1, -0.05) is 42.5 Å². The third kappa shape index (κ3) is 2.72. The first kappa shape index (κ1) is 15.0. The number of halogens is 1. The minimum Gasteiger partial charge on any atom is -0.302 e. The molecule has 3 heteroatoms. The molecular weight excluding hydrogens is 299 g/mol. The van der Waals surface area contributed by atoms with E-state index in [-0.39, 0.29) is 5.82 Å². The lowest BCUT2D eigenvalue weighted by molar-refractivity contribution is 0.370. The molecule has 24 heavy (non-hydrogen) atoms. The Morgan fingerprint density at radius 1 is 1.04 bits per heavy atom. The van der Waals surface area contributed by atoms with E-state index in [1.165, 1.54) is 11.6 Å². The molecule has 0 bridgehead atoms. The lowest BCUT2D eigenvalue weighted by atomic mass is 9.98. The number of hydrogen-bond acceptors (Lipinski definition) is 2. The molecule has 120 valence electrons. The largest absolute Gasteiger partial charge is 0.302 e. The zero-order valence-electron chi connectivity index (χ0n) is 13.7. The SMILES string of the molecule is CN1CC=C(c2cc3ccccc3c(-c3ccccc3F)n2)CC1. The molecule has 1 aliphatic rings. The highest BCUT2D eigenvalue weighted by Gasteiger charge is 2.15. The summed E-state index contributed by atoms with van der Waals surface area (Å²) in [6.07, 6.45) is 3.20. The predicted octanol–water partition coefficient (Wildman–Crippen LogP) is 4.76. The Labute approximate surface area is 141 Å². The Bertz CT molecular complexity index is 930. The van der Waals surface area contributed by atoms with Crippen LogP contribution in [-0.4, -0.2) is 30.0 Å². The van der Waals surface area contributed by atoms with Crippen molar-refractivity contribution in [3.63, 3.8) is 0 Å². The molecule has 4 rings (SSSR count). The number of pyridine rings is 1. The molecule has 2 heterocycles. The van der Waals surface area contributed by atoms with Crippen LogP contribution in [0.15, 0.2) is 60.7 Å². The highest BCUT2D eigenvalue weighted by atomic mass is 19.1. The Kier molecular flexibility index (Phi) is 3.87. The number of rotatable bonds is 2. The zero-order chi connectivity index (χ0) is 16.5. The lowest BCUT2D eigenvalue weighted by Crippen LogP contribution is -2.23. The third-order valence-electron chi connectivity index (χ3n) is 4.61. The molecule has 0 saturated heterocycles. The fourth-order valence-corrected chi connectivity index (χ4v) is 3.23. The van der Waals surface area contributed by atoms with Crippen molar-refractivity contribution in [2.75, 3.05) is 20.1 Å². The zero-order valence-corrected chi connectivity index (χ0v) is 13.7. The van der Waals surface area contributed by atoms with Crippen LogP contribution in [0.4, 0.5) is 4.39 Å². The van der Waals surface area contributed by atoms with Gasteiger partial charge in [0.2, 0.25) is 0 Å². The molecule has 0 amide bonds. The monoisotopic (exact) mass is 318 g/mol. The highest BCUT2D eigenvalue weighted by molar-refractivity contribution is 5.96. The van der Waals surface area contributed by atoms with Gasteiger partial charge >= 0.3 is 0 Å². The highest BCUT2D eigenvalue weighted by Crippen LogP contribution is 2.32. The quantitative estimate of drug-likeness (QED) is 0.677. The molecule has 2 aromatic carbocycles. The van der Waals surface area contributed by atoms with E-state index in [1.54, 1.807) is 12.1 Å². The van der Waals surface area contributed by atoms with Gasteiger partial charge in [0.05, 0.1) is 11.4 Å². The summed E-state index contributed by atoms with van der Waals surface area (Å²) in [6.45, 7) is 1.95. The average molecular weight is 318 g/mol. The van der Waals surface area contributed by atoms with Crippen molar-refractivity contribution in [1.29, 1.82) is 0 Å². The second-order valence-electron chi connectivity index (χ2n) is 6.30. The van der Waals surface area contributed by atoms with Gasteiger partial charge in [-0.3, -0.25) is 0 Å². The molecule has 1 aliphatic heterocycles. The first-order valence-corrected chi connectivity index (χ1v) is 8.25. The molecule has 0 atom stereocenters. The van der Waals surface area contributed by atoms with E-state index in [9.17, 15) is 4.39 Å². The topological polar surface area (TPSA) is 16.1 Å². The van der Waals surface area contributed by atoms with Crippen LogP contribution in [0.1, 0.15) is 12.1 Å². The van der Waals surface area contributed by atoms with Gasteiger partial charge in [0.15, 0.2) is 0 Å². The summed E-state index contributed by atoms with van der Waals surface area (Å²) in [7, 11) is 2.12. The molecule has 0 unspecified atom stereocenters. The van der Waals surface area contributed by atoms with Crippen molar-refractivity contribution in [1.82, 2.24) is 9.88 Å². The Morgan fingerprint density at radius 2 is 1.83 bits per heavy atom. The van der Waals surface area contributed by atoms with Crippen molar-refractivity contribution >= 4 is 16.3 Å². The maximum Gasteiger partial charge on any atom is 0.132 e. The molecule has 2 nitrogen and oxygen atoms in total. The number of hydrogen-bond donors (Lipinski definition) is 0.